The molecule has 7 heteroatoms. The van der Waals surface area contributed by atoms with E-state index in [0.29, 0.717) is 18.9 Å². The van der Waals surface area contributed by atoms with Gasteiger partial charge >= 0.3 is 0 Å². The number of anilines is 1. The van der Waals surface area contributed by atoms with Gasteiger partial charge in [0.2, 0.25) is 6.79 Å². The summed E-state index contributed by atoms with van der Waals surface area (Å²) in [6, 6.07) is 13.5. The van der Waals surface area contributed by atoms with Gasteiger partial charge in [0.1, 0.15) is 0 Å². The zero-order valence-electron chi connectivity index (χ0n) is 18.9. The van der Waals surface area contributed by atoms with Crippen molar-refractivity contribution >= 4 is 5.69 Å². The fraction of sp³-hybridized carbons (Fsp3) is 0.560. The van der Waals surface area contributed by atoms with Crippen LogP contribution in [0.5, 0.6) is 11.5 Å². The van der Waals surface area contributed by atoms with Crippen LogP contribution in [0.4, 0.5) is 5.69 Å². The van der Waals surface area contributed by atoms with Crippen LogP contribution in [0.2, 0.25) is 0 Å². The number of hydrogen-bond acceptors (Lipinski definition) is 7. The second kappa shape index (κ2) is 9.65. The zero-order valence-corrected chi connectivity index (χ0v) is 18.9. The molecule has 2 fully saturated rings. The number of fused-ring (bicyclic) bond motifs is 1. The monoisotopic (exact) mass is 438 g/mol. The molecule has 0 amide bonds. The number of piperidine rings is 1. The summed E-state index contributed by atoms with van der Waals surface area (Å²) in [4.78, 5) is 12.3. The van der Waals surface area contributed by atoms with Crippen LogP contribution in [-0.2, 0) is 6.54 Å². The molecule has 0 saturated carbocycles. The van der Waals surface area contributed by atoms with Gasteiger partial charge in [0, 0.05) is 75.4 Å². The molecule has 1 N–H and O–H groups in total. The van der Waals surface area contributed by atoms with E-state index in [9.17, 15) is 5.11 Å². The quantitative estimate of drug-likeness (QED) is 0.744. The maximum atomic E-state index is 9.68. The van der Waals surface area contributed by atoms with Gasteiger partial charge in [-0.05, 0) is 50.5 Å². The molecule has 3 aliphatic heterocycles. The van der Waals surface area contributed by atoms with Crippen molar-refractivity contribution in [1.82, 2.24) is 14.8 Å². The van der Waals surface area contributed by atoms with E-state index in [2.05, 4.69) is 43.9 Å². The standard InChI is InChI=1S/C25H34N4O3/c1-19-3-2-4-20(26-19)16-28-12-13-29(17-23(28)9-14-30)21-7-10-27(11-8-21)22-5-6-24-25(15-22)32-18-31-24/h2-6,15,21,23,30H,7-14,16-18H2,1H3. The summed E-state index contributed by atoms with van der Waals surface area (Å²) < 4.78 is 11.0. The third-order valence-corrected chi connectivity index (χ3v) is 7.11. The van der Waals surface area contributed by atoms with Crippen LogP contribution < -0.4 is 14.4 Å². The Balaban J connectivity index is 1.17. The zero-order chi connectivity index (χ0) is 21.9. The fourth-order valence-electron chi connectivity index (χ4n) is 5.35. The first-order valence-corrected chi connectivity index (χ1v) is 11.9. The second-order valence-corrected chi connectivity index (χ2v) is 9.16. The lowest BCUT2D eigenvalue weighted by molar-refractivity contribution is 0.0248. The highest BCUT2D eigenvalue weighted by Gasteiger charge is 2.32. The fourth-order valence-corrected chi connectivity index (χ4v) is 5.35. The van der Waals surface area contributed by atoms with Crippen LogP contribution in [0.3, 0.4) is 0 Å². The molecule has 4 heterocycles. The SMILES string of the molecule is Cc1cccc(CN2CCN(C3CCN(c4ccc5c(c4)OCO5)CC3)CC2CCO)n1. The summed E-state index contributed by atoms with van der Waals surface area (Å²) >= 11 is 0. The van der Waals surface area contributed by atoms with Gasteiger partial charge in [0.25, 0.3) is 0 Å². The van der Waals surface area contributed by atoms with Gasteiger partial charge in [0.15, 0.2) is 11.5 Å². The van der Waals surface area contributed by atoms with Gasteiger partial charge in [-0.15, -0.1) is 0 Å². The predicted molar refractivity (Wildman–Crippen MR) is 124 cm³/mol. The Bertz CT molecular complexity index is 916. The first-order chi connectivity index (χ1) is 15.7. The predicted octanol–water partition coefficient (Wildman–Crippen LogP) is 2.66. The van der Waals surface area contributed by atoms with Gasteiger partial charge in [-0.25, -0.2) is 0 Å². The van der Waals surface area contributed by atoms with E-state index >= 15 is 0 Å². The number of aromatic nitrogens is 1. The van der Waals surface area contributed by atoms with E-state index in [4.69, 9.17) is 9.47 Å². The van der Waals surface area contributed by atoms with Gasteiger partial charge < -0.3 is 19.5 Å². The van der Waals surface area contributed by atoms with Crippen LogP contribution in [0, 0.1) is 6.92 Å². The maximum absolute atomic E-state index is 9.68. The Labute approximate surface area is 190 Å². The van der Waals surface area contributed by atoms with Crippen molar-refractivity contribution in [3.8, 4) is 11.5 Å². The first-order valence-electron chi connectivity index (χ1n) is 11.9. The Morgan fingerprint density at radius 1 is 1.03 bits per heavy atom. The molecule has 1 atom stereocenters. The second-order valence-electron chi connectivity index (χ2n) is 9.16. The number of nitrogens with zero attached hydrogens (tertiary/aromatic N) is 4. The third-order valence-electron chi connectivity index (χ3n) is 7.11. The number of aliphatic hydroxyl groups excluding tert-OH is 1. The molecule has 1 aromatic heterocycles. The summed E-state index contributed by atoms with van der Waals surface area (Å²) in [5, 5.41) is 9.68. The van der Waals surface area contributed by atoms with Crippen molar-refractivity contribution in [3.05, 3.63) is 47.8 Å². The topological polar surface area (TPSA) is 61.3 Å². The lowest BCUT2D eigenvalue weighted by Crippen LogP contribution is -2.57. The number of aliphatic hydroxyl groups is 1. The summed E-state index contributed by atoms with van der Waals surface area (Å²) in [6.07, 6.45) is 3.15. The first kappa shape index (κ1) is 21.5. The van der Waals surface area contributed by atoms with Crippen molar-refractivity contribution in [2.45, 2.75) is 44.8 Å². The van der Waals surface area contributed by atoms with E-state index in [-0.39, 0.29) is 6.61 Å². The van der Waals surface area contributed by atoms with Gasteiger partial charge in [-0.1, -0.05) is 6.07 Å². The molecule has 0 bridgehead atoms. The highest BCUT2D eigenvalue weighted by atomic mass is 16.7. The lowest BCUT2D eigenvalue weighted by Gasteiger charge is -2.46. The number of piperazine rings is 1. The molecule has 0 radical (unpaired) electrons. The molecule has 32 heavy (non-hydrogen) atoms. The average Bonchev–Trinajstić information content (AvgIpc) is 3.29. The van der Waals surface area contributed by atoms with Crippen molar-refractivity contribution in [2.24, 2.45) is 0 Å². The van der Waals surface area contributed by atoms with E-state index in [1.165, 1.54) is 18.5 Å². The van der Waals surface area contributed by atoms with Crippen molar-refractivity contribution < 1.29 is 14.6 Å². The summed E-state index contributed by atoms with van der Waals surface area (Å²) in [7, 11) is 0. The largest absolute Gasteiger partial charge is 0.454 e. The van der Waals surface area contributed by atoms with Crippen LogP contribution in [0.1, 0.15) is 30.7 Å². The summed E-state index contributed by atoms with van der Waals surface area (Å²) in [5.41, 5.74) is 3.41. The van der Waals surface area contributed by atoms with Crippen molar-refractivity contribution in [2.75, 3.05) is 51.0 Å². The molecular formula is C25H34N4O3. The minimum absolute atomic E-state index is 0.235. The molecule has 1 unspecified atom stereocenters. The number of benzene rings is 1. The molecule has 172 valence electrons. The number of hydrogen-bond donors (Lipinski definition) is 1. The van der Waals surface area contributed by atoms with Crippen molar-refractivity contribution in [1.29, 1.82) is 0 Å². The van der Waals surface area contributed by atoms with Crippen molar-refractivity contribution in [3.63, 3.8) is 0 Å². The van der Waals surface area contributed by atoms with Crippen LogP contribution in [0.25, 0.3) is 0 Å². The summed E-state index contributed by atoms with van der Waals surface area (Å²) in [5.74, 6) is 1.70. The highest BCUT2D eigenvalue weighted by Crippen LogP contribution is 2.36. The Morgan fingerprint density at radius 3 is 2.69 bits per heavy atom. The Morgan fingerprint density at radius 2 is 1.88 bits per heavy atom. The molecule has 0 aliphatic carbocycles. The van der Waals surface area contributed by atoms with Gasteiger partial charge in [0.05, 0.1) is 5.69 Å². The minimum Gasteiger partial charge on any atom is -0.454 e. The number of rotatable bonds is 6. The third kappa shape index (κ3) is 4.70. The number of aryl methyl sites for hydroxylation is 1. The average molecular weight is 439 g/mol. The summed E-state index contributed by atoms with van der Waals surface area (Å²) in [6.45, 7) is 8.73. The molecule has 5 rings (SSSR count). The van der Waals surface area contributed by atoms with Crippen LogP contribution in [-0.4, -0.2) is 78.1 Å². The number of pyridine rings is 1. The van der Waals surface area contributed by atoms with E-state index < -0.39 is 0 Å². The molecule has 3 aliphatic rings. The molecule has 2 aromatic rings. The molecular weight excluding hydrogens is 404 g/mol. The maximum Gasteiger partial charge on any atom is 0.231 e. The molecule has 0 spiro atoms. The Kier molecular flexibility index (Phi) is 6.48. The van der Waals surface area contributed by atoms with Crippen LogP contribution >= 0.6 is 0 Å². The van der Waals surface area contributed by atoms with Gasteiger partial charge in [-0.2, -0.15) is 0 Å². The lowest BCUT2D eigenvalue weighted by atomic mass is 9.99. The van der Waals surface area contributed by atoms with E-state index in [1.54, 1.807) is 0 Å². The molecule has 7 nitrogen and oxygen atoms in total. The molecule has 1 aromatic carbocycles. The highest BCUT2D eigenvalue weighted by molar-refractivity contribution is 5.57. The van der Waals surface area contributed by atoms with E-state index in [1.807, 2.05) is 19.1 Å². The molecule has 2 saturated heterocycles. The minimum atomic E-state index is 0.235. The van der Waals surface area contributed by atoms with E-state index in [0.717, 1.165) is 68.6 Å². The van der Waals surface area contributed by atoms with Gasteiger partial charge in [-0.3, -0.25) is 14.8 Å². The smallest absolute Gasteiger partial charge is 0.231 e. The normalized spacial score (nSPS) is 22.4. The van der Waals surface area contributed by atoms with Crippen LogP contribution in [0.15, 0.2) is 36.4 Å². The Hall–Kier alpha value is -2.35. The number of ether oxygens (including phenoxy) is 2.